The van der Waals surface area contributed by atoms with E-state index in [0.717, 1.165) is 6.54 Å². The second-order valence-corrected chi connectivity index (χ2v) is 4.83. The minimum absolute atomic E-state index is 0.236. The predicted molar refractivity (Wildman–Crippen MR) is 68.2 cm³/mol. The summed E-state index contributed by atoms with van der Waals surface area (Å²) in [5.74, 6) is 0. The molecule has 1 unspecified atom stereocenters. The summed E-state index contributed by atoms with van der Waals surface area (Å²) in [6, 6.07) is 4.95. The van der Waals surface area contributed by atoms with Gasteiger partial charge in [0.25, 0.3) is 0 Å². The molecule has 1 aromatic heterocycles. The quantitative estimate of drug-likeness (QED) is 0.826. The van der Waals surface area contributed by atoms with Gasteiger partial charge in [0, 0.05) is 31.6 Å². The number of rotatable bonds is 6. The number of thiophene rings is 1. The van der Waals surface area contributed by atoms with Crippen molar-refractivity contribution in [1.82, 2.24) is 4.90 Å². The third-order valence-electron chi connectivity index (χ3n) is 2.70. The number of nitrogens with zero attached hydrogens (tertiary/aromatic N) is 2. The summed E-state index contributed by atoms with van der Waals surface area (Å²) in [4.78, 5) is 2.30. The molecular formula is C12H19N3S. The molecule has 0 aliphatic rings. The highest BCUT2D eigenvalue weighted by atomic mass is 32.1. The Morgan fingerprint density at radius 2 is 2.31 bits per heavy atom. The van der Waals surface area contributed by atoms with E-state index in [9.17, 15) is 0 Å². The molecule has 0 saturated carbocycles. The van der Waals surface area contributed by atoms with Crippen LogP contribution in [0.1, 0.15) is 31.9 Å². The summed E-state index contributed by atoms with van der Waals surface area (Å²) in [6.45, 7) is 5.67. The topological polar surface area (TPSA) is 53.0 Å². The Hall–Kier alpha value is -0.890. The lowest BCUT2D eigenvalue weighted by Gasteiger charge is -2.33. The van der Waals surface area contributed by atoms with Gasteiger partial charge in [-0.1, -0.05) is 0 Å². The standard InChI is InChI=1S/C12H19N3S/c1-10(2)15(6-3-5-13)12(8-14)11-4-7-16-9-11/h4,7,9-10,12H,3,6,8,14H2,1-2H3. The van der Waals surface area contributed by atoms with E-state index < -0.39 is 0 Å². The summed E-state index contributed by atoms with van der Waals surface area (Å²) in [6.07, 6.45) is 0.554. The first kappa shape index (κ1) is 13.2. The number of nitrogens with two attached hydrogens (primary N) is 1. The van der Waals surface area contributed by atoms with Crippen LogP contribution in [0.4, 0.5) is 0 Å². The van der Waals surface area contributed by atoms with Gasteiger partial charge in [-0.15, -0.1) is 0 Å². The fourth-order valence-corrected chi connectivity index (χ4v) is 2.59. The van der Waals surface area contributed by atoms with Crippen molar-refractivity contribution in [3.8, 4) is 6.07 Å². The van der Waals surface area contributed by atoms with Crippen molar-refractivity contribution in [1.29, 1.82) is 5.26 Å². The molecule has 3 nitrogen and oxygen atoms in total. The first-order chi connectivity index (χ1) is 7.70. The van der Waals surface area contributed by atoms with Crippen LogP contribution in [0.15, 0.2) is 16.8 Å². The molecule has 2 N–H and O–H groups in total. The largest absolute Gasteiger partial charge is 0.329 e. The van der Waals surface area contributed by atoms with Crippen LogP contribution in [0.3, 0.4) is 0 Å². The van der Waals surface area contributed by atoms with Crippen LogP contribution < -0.4 is 5.73 Å². The smallest absolute Gasteiger partial charge is 0.0635 e. The first-order valence-electron chi connectivity index (χ1n) is 5.55. The second kappa shape index (κ2) is 6.64. The van der Waals surface area contributed by atoms with E-state index in [4.69, 9.17) is 11.0 Å². The fourth-order valence-electron chi connectivity index (χ4n) is 1.88. The Kier molecular flexibility index (Phi) is 5.47. The molecular weight excluding hydrogens is 218 g/mol. The molecule has 0 radical (unpaired) electrons. The molecule has 0 bridgehead atoms. The molecule has 1 aromatic rings. The normalized spacial score (nSPS) is 13.0. The van der Waals surface area contributed by atoms with Crippen LogP contribution in [0.5, 0.6) is 0 Å². The van der Waals surface area contributed by atoms with E-state index >= 15 is 0 Å². The van der Waals surface area contributed by atoms with Crippen molar-refractivity contribution in [2.75, 3.05) is 13.1 Å². The highest BCUT2D eigenvalue weighted by molar-refractivity contribution is 7.07. The minimum atomic E-state index is 0.236. The highest BCUT2D eigenvalue weighted by Gasteiger charge is 2.21. The molecule has 0 aliphatic heterocycles. The number of hydrogen-bond acceptors (Lipinski definition) is 4. The van der Waals surface area contributed by atoms with Crippen LogP contribution in [0.25, 0.3) is 0 Å². The highest BCUT2D eigenvalue weighted by Crippen LogP contribution is 2.24. The molecule has 0 aliphatic carbocycles. The van der Waals surface area contributed by atoms with E-state index in [-0.39, 0.29) is 6.04 Å². The Bertz CT molecular complexity index is 327. The van der Waals surface area contributed by atoms with Gasteiger partial charge in [-0.05, 0) is 36.2 Å². The van der Waals surface area contributed by atoms with E-state index in [1.807, 2.05) is 0 Å². The van der Waals surface area contributed by atoms with Crippen LogP contribution >= 0.6 is 11.3 Å². The summed E-state index contributed by atoms with van der Waals surface area (Å²) in [5.41, 5.74) is 7.12. The van der Waals surface area contributed by atoms with Crippen molar-refractivity contribution in [2.24, 2.45) is 5.73 Å². The van der Waals surface area contributed by atoms with Gasteiger partial charge in [-0.2, -0.15) is 16.6 Å². The molecule has 0 aromatic carbocycles. The monoisotopic (exact) mass is 237 g/mol. The van der Waals surface area contributed by atoms with Crippen molar-refractivity contribution < 1.29 is 0 Å². The lowest BCUT2D eigenvalue weighted by Crippen LogP contribution is -2.39. The van der Waals surface area contributed by atoms with E-state index in [1.165, 1.54) is 5.56 Å². The molecule has 16 heavy (non-hydrogen) atoms. The first-order valence-corrected chi connectivity index (χ1v) is 6.49. The average Bonchev–Trinajstić information content (AvgIpc) is 2.76. The molecule has 0 saturated heterocycles. The van der Waals surface area contributed by atoms with Crippen LogP contribution in [-0.4, -0.2) is 24.0 Å². The molecule has 0 fully saturated rings. The SMILES string of the molecule is CC(C)N(CCC#N)C(CN)c1ccsc1. The van der Waals surface area contributed by atoms with Gasteiger partial charge < -0.3 is 5.73 Å². The van der Waals surface area contributed by atoms with Gasteiger partial charge in [-0.3, -0.25) is 4.90 Å². The maximum Gasteiger partial charge on any atom is 0.0635 e. The van der Waals surface area contributed by atoms with Gasteiger partial charge in [0.15, 0.2) is 0 Å². The zero-order chi connectivity index (χ0) is 12.0. The molecule has 88 valence electrons. The zero-order valence-electron chi connectivity index (χ0n) is 9.89. The Morgan fingerprint density at radius 3 is 2.75 bits per heavy atom. The maximum atomic E-state index is 8.68. The minimum Gasteiger partial charge on any atom is -0.329 e. The Labute approximate surface area is 101 Å². The van der Waals surface area contributed by atoms with Crippen LogP contribution in [0, 0.1) is 11.3 Å². The molecule has 0 spiro atoms. The maximum absolute atomic E-state index is 8.68. The Balaban J connectivity index is 2.78. The third kappa shape index (κ3) is 3.31. The van der Waals surface area contributed by atoms with Gasteiger partial charge in [0.05, 0.1) is 6.07 Å². The number of hydrogen-bond donors (Lipinski definition) is 1. The van der Waals surface area contributed by atoms with Crippen molar-refractivity contribution >= 4 is 11.3 Å². The van der Waals surface area contributed by atoms with Gasteiger partial charge in [0.1, 0.15) is 0 Å². The van der Waals surface area contributed by atoms with Gasteiger partial charge >= 0.3 is 0 Å². The van der Waals surface area contributed by atoms with E-state index in [0.29, 0.717) is 19.0 Å². The average molecular weight is 237 g/mol. The molecule has 0 amide bonds. The second-order valence-electron chi connectivity index (χ2n) is 4.05. The van der Waals surface area contributed by atoms with Crippen molar-refractivity contribution in [3.05, 3.63) is 22.4 Å². The van der Waals surface area contributed by atoms with Crippen molar-refractivity contribution in [3.63, 3.8) is 0 Å². The van der Waals surface area contributed by atoms with Gasteiger partial charge in [-0.25, -0.2) is 0 Å². The van der Waals surface area contributed by atoms with E-state index in [1.54, 1.807) is 11.3 Å². The molecule has 1 rings (SSSR count). The summed E-state index contributed by atoms with van der Waals surface area (Å²) < 4.78 is 0. The lowest BCUT2D eigenvalue weighted by atomic mass is 10.1. The van der Waals surface area contributed by atoms with E-state index in [2.05, 4.69) is 41.6 Å². The fraction of sp³-hybridized carbons (Fsp3) is 0.583. The van der Waals surface area contributed by atoms with Crippen molar-refractivity contribution in [2.45, 2.75) is 32.4 Å². The molecule has 4 heteroatoms. The van der Waals surface area contributed by atoms with Gasteiger partial charge in [0.2, 0.25) is 0 Å². The van der Waals surface area contributed by atoms with Crippen LogP contribution in [-0.2, 0) is 0 Å². The zero-order valence-corrected chi connectivity index (χ0v) is 10.7. The summed E-state index contributed by atoms with van der Waals surface area (Å²) in [5, 5.41) is 12.9. The molecule has 1 heterocycles. The lowest BCUT2D eigenvalue weighted by molar-refractivity contribution is 0.161. The summed E-state index contributed by atoms with van der Waals surface area (Å²) >= 11 is 1.69. The summed E-state index contributed by atoms with van der Waals surface area (Å²) in [7, 11) is 0. The Morgan fingerprint density at radius 1 is 1.56 bits per heavy atom. The van der Waals surface area contributed by atoms with Crippen LogP contribution in [0.2, 0.25) is 0 Å². The third-order valence-corrected chi connectivity index (χ3v) is 3.40. The molecule has 1 atom stereocenters. The predicted octanol–water partition coefficient (Wildman–Crippen LogP) is 2.37. The number of nitriles is 1.